The SMILES string of the molecule is CCC(C)C(Cl)c1ccc(C)c(F)c1F. The van der Waals surface area contributed by atoms with E-state index >= 15 is 0 Å². The zero-order chi connectivity index (χ0) is 11.6. The van der Waals surface area contributed by atoms with Gasteiger partial charge in [0.25, 0.3) is 0 Å². The maximum atomic E-state index is 13.6. The molecule has 2 unspecified atom stereocenters. The molecule has 0 spiro atoms. The van der Waals surface area contributed by atoms with Gasteiger partial charge in [0.15, 0.2) is 11.6 Å². The molecule has 0 bridgehead atoms. The van der Waals surface area contributed by atoms with Crippen molar-refractivity contribution >= 4 is 11.6 Å². The highest BCUT2D eigenvalue weighted by atomic mass is 35.5. The summed E-state index contributed by atoms with van der Waals surface area (Å²) in [6.07, 6.45) is 0.836. The van der Waals surface area contributed by atoms with Gasteiger partial charge in [0.1, 0.15) is 0 Å². The molecule has 1 aromatic rings. The number of hydrogen-bond acceptors (Lipinski definition) is 0. The fraction of sp³-hybridized carbons (Fsp3) is 0.500. The lowest BCUT2D eigenvalue weighted by Crippen LogP contribution is -2.06. The fourth-order valence-corrected chi connectivity index (χ4v) is 1.73. The molecule has 0 aliphatic carbocycles. The van der Waals surface area contributed by atoms with Gasteiger partial charge in [0, 0.05) is 5.56 Å². The number of halogens is 3. The third-order valence-electron chi connectivity index (χ3n) is 2.75. The van der Waals surface area contributed by atoms with E-state index in [9.17, 15) is 8.78 Å². The van der Waals surface area contributed by atoms with Crippen LogP contribution in [0, 0.1) is 24.5 Å². The maximum absolute atomic E-state index is 13.6. The van der Waals surface area contributed by atoms with E-state index < -0.39 is 17.0 Å². The van der Waals surface area contributed by atoms with Crippen molar-refractivity contribution in [2.75, 3.05) is 0 Å². The Morgan fingerprint density at radius 3 is 2.40 bits per heavy atom. The van der Waals surface area contributed by atoms with Gasteiger partial charge in [0.05, 0.1) is 5.38 Å². The predicted octanol–water partition coefficient (Wildman–Crippen LogP) is 4.60. The maximum Gasteiger partial charge on any atom is 0.163 e. The minimum Gasteiger partial charge on any atom is -0.203 e. The van der Waals surface area contributed by atoms with Crippen molar-refractivity contribution in [3.8, 4) is 0 Å². The van der Waals surface area contributed by atoms with E-state index in [1.54, 1.807) is 12.1 Å². The summed E-state index contributed by atoms with van der Waals surface area (Å²) in [6.45, 7) is 5.44. The van der Waals surface area contributed by atoms with Gasteiger partial charge in [-0.2, -0.15) is 0 Å². The third-order valence-corrected chi connectivity index (χ3v) is 3.41. The van der Waals surface area contributed by atoms with Gasteiger partial charge >= 0.3 is 0 Å². The van der Waals surface area contributed by atoms with Crippen molar-refractivity contribution in [1.29, 1.82) is 0 Å². The monoisotopic (exact) mass is 232 g/mol. The highest BCUT2D eigenvalue weighted by Crippen LogP contribution is 2.33. The summed E-state index contributed by atoms with van der Waals surface area (Å²) in [6, 6.07) is 3.13. The number of hydrogen-bond donors (Lipinski definition) is 0. The fourth-order valence-electron chi connectivity index (χ4n) is 1.39. The van der Waals surface area contributed by atoms with Crippen LogP contribution >= 0.6 is 11.6 Å². The van der Waals surface area contributed by atoms with Gasteiger partial charge < -0.3 is 0 Å². The zero-order valence-electron chi connectivity index (χ0n) is 9.15. The second-order valence-electron chi connectivity index (χ2n) is 3.89. The van der Waals surface area contributed by atoms with Crippen LogP contribution in [0.4, 0.5) is 8.78 Å². The van der Waals surface area contributed by atoms with Crippen molar-refractivity contribution < 1.29 is 8.78 Å². The van der Waals surface area contributed by atoms with Gasteiger partial charge in [-0.05, 0) is 18.4 Å². The molecule has 2 atom stereocenters. The minimum atomic E-state index is -0.810. The van der Waals surface area contributed by atoms with Crippen molar-refractivity contribution in [2.24, 2.45) is 5.92 Å². The van der Waals surface area contributed by atoms with Crippen LogP contribution in [-0.4, -0.2) is 0 Å². The van der Waals surface area contributed by atoms with Gasteiger partial charge in [0.2, 0.25) is 0 Å². The van der Waals surface area contributed by atoms with Crippen molar-refractivity contribution in [2.45, 2.75) is 32.6 Å². The molecular weight excluding hydrogens is 218 g/mol. The second-order valence-corrected chi connectivity index (χ2v) is 4.36. The minimum absolute atomic E-state index is 0.128. The van der Waals surface area contributed by atoms with E-state index in [0.717, 1.165) is 6.42 Å². The van der Waals surface area contributed by atoms with E-state index in [0.29, 0.717) is 5.56 Å². The molecule has 0 saturated heterocycles. The molecule has 84 valence electrons. The summed E-state index contributed by atoms with van der Waals surface area (Å²) in [5.74, 6) is -1.47. The molecule has 0 fully saturated rings. The number of benzene rings is 1. The van der Waals surface area contributed by atoms with Gasteiger partial charge in [-0.15, -0.1) is 11.6 Å². The molecule has 0 aliphatic heterocycles. The molecule has 1 aromatic carbocycles. The predicted molar refractivity (Wildman–Crippen MR) is 59.1 cm³/mol. The molecule has 15 heavy (non-hydrogen) atoms. The summed E-state index contributed by atoms with van der Waals surface area (Å²) in [5, 5.41) is -0.468. The van der Waals surface area contributed by atoms with Crippen molar-refractivity contribution in [3.05, 3.63) is 34.9 Å². The summed E-state index contributed by atoms with van der Waals surface area (Å²) in [7, 11) is 0. The number of aryl methyl sites for hydroxylation is 1. The highest BCUT2D eigenvalue weighted by Gasteiger charge is 2.21. The summed E-state index contributed by atoms with van der Waals surface area (Å²) >= 11 is 6.08. The van der Waals surface area contributed by atoms with Crippen LogP contribution in [-0.2, 0) is 0 Å². The van der Waals surface area contributed by atoms with Crippen LogP contribution in [0.15, 0.2) is 12.1 Å². The summed E-state index contributed by atoms with van der Waals surface area (Å²) < 4.78 is 26.8. The first-order valence-electron chi connectivity index (χ1n) is 5.07. The topological polar surface area (TPSA) is 0 Å². The molecule has 0 N–H and O–H groups in total. The van der Waals surface area contributed by atoms with Crippen LogP contribution in [0.5, 0.6) is 0 Å². The van der Waals surface area contributed by atoms with E-state index in [2.05, 4.69) is 0 Å². The number of rotatable bonds is 3. The van der Waals surface area contributed by atoms with Crippen LogP contribution in [0.2, 0.25) is 0 Å². The van der Waals surface area contributed by atoms with E-state index in [-0.39, 0.29) is 11.5 Å². The highest BCUT2D eigenvalue weighted by molar-refractivity contribution is 6.21. The van der Waals surface area contributed by atoms with Crippen LogP contribution in [0.25, 0.3) is 0 Å². The molecule has 0 heterocycles. The van der Waals surface area contributed by atoms with E-state index in [1.165, 1.54) is 6.92 Å². The third kappa shape index (κ3) is 2.49. The van der Waals surface area contributed by atoms with Crippen LogP contribution in [0.1, 0.15) is 36.8 Å². The molecule has 1 rings (SSSR count). The molecule has 0 nitrogen and oxygen atoms in total. The standard InChI is InChI=1S/C12H15ClF2/c1-4-7(2)10(13)9-6-5-8(3)11(14)12(9)15/h5-7,10H,4H2,1-3H3. The molecule has 0 aromatic heterocycles. The van der Waals surface area contributed by atoms with Gasteiger partial charge in [-0.25, -0.2) is 8.78 Å². The molecular formula is C12H15ClF2. The summed E-state index contributed by atoms with van der Waals surface area (Å²) in [5.41, 5.74) is 0.568. The largest absolute Gasteiger partial charge is 0.203 e. The zero-order valence-corrected chi connectivity index (χ0v) is 9.91. The Labute approximate surface area is 94.3 Å². The average Bonchev–Trinajstić information content (AvgIpc) is 2.24. The molecule has 3 heteroatoms. The lowest BCUT2D eigenvalue weighted by atomic mass is 9.97. The Hall–Kier alpha value is -0.630. The first kappa shape index (κ1) is 12.4. The van der Waals surface area contributed by atoms with Crippen molar-refractivity contribution in [1.82, 2.24) is 0 Å². The lowest BCUT2D eigenvalue weighted by molar-refractivity contribution is 0.470. The first-order valence-corrected chi connectivity index (χ1v) is 5.51. The van der Waals surface area contributed by atoms with Gasteiger partial charge in [-0.1, -0.05) is 32.4 Å². The lowest BCUT2D eigenvalue weighted by Gasteiger charge is -2.17. The normalized spacial score (nSPS) is 15.1. The molecule has 0 amide bonds. The van der Waals surface area contributed by atoms with Crippen molar-refractivity contribution in [3.63, 3.8) is 0 Å². The Morgan fingerprint density at radius 1 is 1.27 bits per heavy atom. The smallest absolute Gasteiger partial charge is 0.163 e. The van der Waals surface area contributed by atoms with Crippen LogP contribution in [0.3, 0.4) is 0 Å². The van der Waals surface area contributed by atoms with Crippen LogP contribution < -0.4 is 0 Å². The Bertz CT molecular complexity index is 350. The first-order chi connectivity index (χ1) is 6.99. The van der Waals surface area contributed by atoms with E-state index in [4.69, 9.17) is 11.6 Å². The second kappa shape index (κ2) is 4.93. The quantitative estimate of drug-likeness (QED) is 0.669. The number of alkyl halides is 1. The Balaban J connectivity index is 3.10. The molecule has 0 radical (unpaired) electrons. The summed E-state index contributed by atoms with van der Waals surface area (Å²) in [4.78, 5) is 0. The van der Waals surface area contributed by atoms with E-state index in [1.807, 2.05) is 13.8 Å². The molecule has 0 aliphatic rings. The Morgan fingerprint density at radius 2 is 1.87 bits per heavy atom. The average molecular weight is 233 g/mol. The molecule has 0 saturated carbocycles. The Kier molecular flexibility index (Phi) is 4.09. The van der Waals surface area contributed by atoms with Gasteiger partial charge in [-0.3, -0.25) is 0 Å².